The van der Waals surface area contributed by atoms with E-state index in [1.807, 2.05) is 20.8 Å². The van der Waals surface area contributed by atoms with E-state index in [1.165, 1.54) is 0 Å². The van der Waals surface area contributed by atoms with Crippen LogP contribution in [0.5, 0.6) is 0 Å². The summed E-state index contributed by atoms with van der Waals surface area (Å²) in [5.74, 6) is 0.264. The van der Waals surface area contributed by atoms with Crippen molar-refractivity contribution in [3.63, 3.8) is 0 Å². The summed E-state index contributed by atoms with van der Waals surface area (Å²) in [5, 5.41) is 10.5. The van der Waals surface area contributed by atoms with Crippen molar-refractivity contribution in [1.29, 1.82) is 0 Å². The minimum absolute atomic E-state index is 0. The topological polar surface area (TPSA) is 23.1 Å². The summed E-state index contributed by atoms with van der Waals surface area (Å²) >= 11 is 0. The monoisotopic (exact) mass is 106 g/mol. The molecule has 8 heavy (non-hydrogen) atoms. The van der Waals surface area contributed by atoms with Crippen LogP contribution in [0.25, 0.3) is 0 Å². The average molecular weight is 106 g/mol. The predicted molar refractivity (Wildman–Crippen MR) is 28.7 cm³/mol. The van der Waals surface area contributed by atoms with Gasteiger partial charge in [-0.25, -0.2) is 0 Å². The van der Waals surface area contributed by atoms with Crippen molar-refractivity contribution in [3.8, 4) is 0 Å². The molecule has 0 rings (SSSR count). The standard InChI is InChI=1S/C6H12O.Li/c1-4-6(7)5(2)3;/h7H,4H2,1-3H3;/q;+1/p-1. The van der Waals surface area contributed by atoms with E-state index in [2.05, 4.69) is 0 Å². The van der Waals surface area contributed by atoms with Crippen LogP contribution >= 0.6 is 0 Å². The van der Waals surface area contributed by atoms with Crippen LogP contribution in [-0.4, -0.2) is 0 Å². The third-order valence-electron chi connectivity index (χ3n) is 0.879. The molecular formula is C6H11LiO. The van der Waals surface area contributed by atoms with E-state index in [0.29, 0.717) is 6.42 Å². The molecule has 0 fully saturated rings. The molecule has 0 aromatic carbocycles. The smallest absolute Gasteiger partial charge is 0.875 e. The maximum absolute atomic E-state index is 10.5. The largest absolute Gasteiger partial charge is 1.00 e. The Balaban J connectivity index is 0. The quantitative estimate of drug-likeness (QED) is 0.281. The van der Waals surface area contributed by atoms with E-state index in [1.54, 1.807) is 0 Å². The summed E-state index contributed by atoms with van der Waals surface area (Å²) in [5.41, 5.74) is 0.905. The van der Waals surface area contributed by atoms with E-state index in [9.17, 15) is 5.11 Å². The molecule has 42 valence electrons. The number of hydrogen-bond acceptors (Lipinski definition) is 1. The zero-order chi connectivity index (χ0) is 5.86. The van der Waals surface area contributed by atoms with Crippen molar-refractivity contribution in [2.24, 2.45) is 0 Å². The van der Waals surface area contributed by atoms with Crippen molar-refractivity contribution < 1.29 is 24.0 Å². The van der Waals surface area contributed by atoms with Crippen LogP contribution in [0.1, 0.15) is 27.2 Å². The van der Waals surface area contributed by atoms with Crippen LogP contribution in [0, 0.1) is 0 Å². The second-order valence-corrected chi connectivity index (χ2v) is 1.78. The van der Waals surface area contributed by atoms with Gasteiger partial charge >= 0.3 is 18.9 Å². The summed E-state index contributed by atoms with van der Waals surface area (Å²) in [6.07, 6.45) is 0.641. The molecular weight excluding hydrogens is 95.0 g/mol. The van der Waals surface area contributed by atoms with Crippen LogP contribution in [0.2, 0.25) is 0 Å². The maximum atomic E-state index is 10.5. The van der Waals surface area contributed by atoms with E-state index in [-0.39, 0.29) is 24.6 Å². The van der Waals surface area contributed by atoms with E-state index in [0.717, 1.165) is 5.57 Å². The van der Waals surface area contributed by atoms with Crippen molar-refractivity contribution >= 4 is 0 Å². The van der Waals surface area contributed by atoms with Crippen LogP contribution in [-0.2, 0) is 0 Å². The molecule has 0 aliphatic heterocycles. The summed E-state index contributed by atoms with van der Waals surface area (Å²) in [7, 11) is 0. The average Bonchev–Trinajstić information content (AvgIpc) is 1.65. The Labute approximate surface area is 63.0 Å². The first-order valence-corrected chi connectivity index (χ1v) is 2.51. The zero-order valence-electron chi connectivity index (χ0n) is 6.12. The molecule has 0 amide bonds. The number of allylic oxidation sites excluding steroid dienone is 2. The van der Waals surface area contributed by atoms with Gasteiger partial charge in [-0.1, -0.05) is 12.5 Å². The van der Waals surface area contributed by atoms with Gasteiger partial charge in [0.2, 0.25) is 0 Å². The van der Waals surface area contributed by atoms with Crippen LogP contribution in [0.4, 0.5) is 0 Å². The molecule has 0 atom stereocenters. The Morgan fingerprint density at radius 3 is 1.75 bits per heavy atom. The van der Waals surface area contributed by atoms with Gasteiger partial charge in [0.1, 0.15) is 0 Å². The van der Waals surface area contributed by atoms with E-state index >= 15 is 0 Å². The fraction of sp³-hybridized carbons (Fsp3) is 0.667. The molecule has 0 aromatic heterocycles. The van der Waals surface area contributed by atoms with Gasteiger partial charge in [0.05, 0.1) is 0 Å². The first kappa shape index (κ1) is 11.0. The van der Waals surface area contributed by atoms with Gasteiger partial charge in [0, 0.05) is 0 Å². The normalized spacial score (nSPS) is 7.38. The minimum atomic E-state index is 0. The Kier molecular flexibility index (Phi) is 7.26. The van der Waals surface area contributed by atoms with Crippen LogP contribution in [0.15, 0.2) is 11.3 Å². The first-order chi connectivity index (χ1) is 3.18. The van der Waals surface area contributed by atoms with Gasteiger partial charge in [-0.15, -0.1) is 5.76 Å². The SMILES string of the molecule is CCC([O-])=C(C)C.[Li+]. The molecule has 0 saturated carbocycles. The fourth-order valence-corrected chi connectivity index (χ4v) is 0.354. The van der Waals surface area contributed by atoms with E-state index in [4.69, 9.17) is 0 Å². The molecule has 1 nitrogen and oxygen atoms in total. The van der Waals surface area contributed by atoms with Crippen LogP contribution in [0.3, 0.4) is 0 Å². The molecule has 2 heteroatoms. The van der Waals surface area contributed by atoms with Gasteiger partial charge in [0.25, 0.3) is 0 Å². The van der Waals surface area contributed by atoms with Gasteiger partial charge in [0.15, 0.2) is 0 Å². The van der Waals surface area contributed by atoms with E-state index < -0.39 is 0 Å². The van der Waals surface area contributed by atoms with Gasteiger partial charge in [-0.05, 0) is 20.3 Å². The van der Waals surface area contributed by atoms with Crippen molar-refractivity contribution in [2.75, 3.05) is 0 Å². The summed E-state index contributed by atoms with van der Waals surface area (Å²) in [4.78, 5) is 0. The first-order valence-electron chi connectivity index (χ1n) is 2.51. The molecule has 0 aliphatic carbocycles. The molecule has 0 aromatic rings. The Morgan fingerprint density at radius 1 is 1.38 bits per heavy atom. The maximum Gasteiger partial charge on any atom is 1.00 e. The van der Waals surface area contributed by atoms with Gasteiger partial charge in [-0.2, -0.15) is 0 Å². The minimum Gasteiger partial charge on any atom is -0.875 e. The molecule has 0 radical (unpaired) electrons. The molecule has 0 spiro atoms. The predicted octanol–water partition coefficient (Wildman–Crippen LogP) is -1.95. The molecule has 0 saturated heterocycles. The second kappa shape index (κ2) is 5.28. The molecule has 0 unspecified atom stereocenters. The Bertz CT molecular complexity index is 82.5. The zero-order valence-corrected chi connectivity index (χ0v) is 6.12. The molecule has 0 aliphatic rings. The summed E-state index contributed by atoms with van der Waals surface area (Å²) in [6.45, 7) is 5.55. The van der Waals surface area contributed by atoms with Gasteiger partial charge in [-0.3, -0.25) is 0 Å². The van der Waals surface area contributed by atoms with Crippen molar-refractivity contribution in [2.45, 2.75) is 27.2 Å². The Hall–Kier alpha value is 0.137. The molecule has 0 N–H and O–H groups in total. The Morgan fingerprint density at radius 2 is 1.75 bits per heavy atom. The summed E-state index contributed by atoms with van der Waals surface area (Å²) in [6, 6.07) is 0. The molecule has 0 bridgehead atoms. The van der Waals surface area contributed by atoms with Crippen molar-refractivity contribution in [3.05, 3.63) is 11.3 Å². The number of hydrogen-bond donors (Lipinski definition) is 0. The van der Waals surface area contributed by atoms with Crippen LogP contribution < -0.4 is 24.0 Å². The van der Waals surface area contributed by atoms with Crippen molar-refractivity contribution in [1.82, 2.24) is 0 Å². The number of rotatable bonds is 1. The summed E-state index contributed by atoms with van der Waals surface area (Å²) < 4.78 is 0. The fourth-order valence-electron chi connectivity index (χ4n) is 0.354. The third-order valence-corrected chi connectivity index (χ3v) is 0.879. The van der Waals surface area contributed by atoms with Gasteiger partial charge < -0.3 is 5.11 Å². The third kappa shape index (κ3) is 4.30. The second-order valence-electron chi connectivity index (χ2n) is 1.78. The molecule has 0 heterocycles.